The Hall–Kier alpha value is -0.850. The number of halogens is 1. The molecule has 0 saturated heterocycles. The molecule has 0 nitrogen and oxygen atoms in total. The van der Waals surface area contributed by atoms with Crippen LogP contribution in [-0.4, -0.2) is 0 Å². The van der Waals surface area contributed by atoms with Gasteiger partial charge in [-0.15, -0.1) is 0 Å². The summed E-state index contributed by atoms with van der Waals surface area (Å²) in [5, 5.41) is 0. The smallest absolute Gasteiger partial charge is 0.123 e. The molecule has 0 bridgehead atoms. The molecule has 0 aliphatic heterocycles. The lowest BCUT2D eigenvalue weighted by Crippen LogP contribution is -2.26. The fraction of sp³-hybridized carbons (Fsp3) is 0.739. The van der Waals surface area contributed by atoms with Gasteiger partial charge < -0.3 is 0 Å². The molecule has 2 aliphatic rings. The molecule has 0 aromatic heterocycles. The van der Waals surface area contributed by atoms with Gasteiger partial charge in [0.15, 0.2) is 0 Å². The van der Waals surface area contributed by atoms with E-state index in [0.717, 1.165) is 30.1 Å². The van der Waals surface area contributed by atoms with Gasteiger partial charge in [-0.25, -0.2) is 4.39 Å². The molecule has 0 spiro atoms. The van der Waals surface area contributed by atoms with E-state index in [1.807, 2.05) is 6.07 Å². The van der Waals surface area contributed by atoms with E-state index in [9.17, 15) is 4.39 Å². The largest absolute Gasteiger partial charge is 0.207 e. The Morgan fingerprint density at radius 2 is 1.42 bits per heavy atom. The molecule has 3 rings (SSSR count). The fourth-order valence-electron chi connectivity index (χ4n) is 5.37. The first-order valence-corrected chi connectivity index (χ1v) is 10.5. The number of hydrogen-bond donors (Lipinski definition) is 0. The lowest BCUT2D eigenvalue weighted by molar-refractivity contribution is 0.141. The molecular weight excluding hydrogens is 295 g/mol. The second kappa shape index (κ2) is 9.02. The molecule has 24 heavy (non-hydrogen) atoms. The minimum atomic E-state index is -0.0881. The summed E-state index contributed by atoms with van der Waals surface area (Å²) in [7, 11) is 0. The molecule has 0 atom stereocenters. The highest BCUT2D eigenvalue weighted by Gasteiger charge is 2.30. The van der Waals surface area contributed by atoms with Crippen LogP contribution in [-0.2, 0) is 6.42 Å². The highest BCUT2D eigenvalue weighted by molar-refractivity contribution is 5.16. The number of hydrogen-bond acceptors (Lipinski definition) is 0. The van der Waals surface area contributed by atoms with Crippen molar-refractivity contribution in [3.05, 3.63) is 35.6 Å². The van der Waals surface area contributed by atoms with Crippen molar-refractivity contribution < 1.29 is 4.39 Å². The summed E-state index contributed by atoms with van der Waals surface area (Å²) in [6, 6.07) is 7.17. The maximum Gasteiger partial charge on any atom is 0.123 e. The number of benzene rings is 1. The lowest BCUT2D eigenvalue weighted by atomic mass is 9.68. The van der Waals surface area contributed by atoms with Crippen molar-refractivity contribution in [1.29, 1.82) is 0 Å². The highest BCUT2D eigenvalue weighted by atomic mass is 19.1. The van der Waals surface area contributed by atoms with Crippen molar-refractivity contribution in [2.75, 3.05) is 0 Å². The van der Waals surface area contributed by atoms with Crippen molar-refractivity contribution >= 4 is 0 Å². The maximum atomic E-state index is 13.3. The second-order valence-electron chi connectivity index (χ2n) is 8.52. The van der Waals surface area contributed by atoms with E-state index >= 15 is 0 Å². The van der Waals surface area contributed by atoms with Crippen LogP contribution in [0.15, 0.2) is 24.3 Å². The molecule has 0 unspecified atom stereocenters. The van der Waals surface area contributed by atoms with Gasteiger partial charge in [-0.2, -0.15) is 0 Å². The van der Waals surface area contributed by atoms with Gasteiger partial charge in [0.25, 0.3) is 0 Å². The van der Waals surface area contributed by atoms with Crippen LogP contribution in [0.1, 0.15) is 83.1 Å². The molecule has 0 heterocycles. The average molecular weight is 331 g/mol. The van der Waals surface area contributed by atoms with Crippen LogP contribution in [0.5, 0.6) is 0 Å². The molecule has 0 radical (unpaired) electrons. The summed E-state index contributed by atoms with van der Waals surface area (Å²) in [6.07, 6.45) is 16.9. The van der Waals surface area contributed by atoms with Crippen molar-refractivity contribution in [2.24, 2.45) is 23.7 Å². The average Bonchev–Trinajstić information content (AvgIpc) is 2.62. The van der Waals surface area contributed by atoms with E-state index in [-0.39, 0.29) is 5.82 Å². The van der Waals surface area contributed by atoms with Gasteiger partial charge in [-0.1, -0.05) is 57.6 Å². The zero-order valence-corrected chi connectivity index (χ0v) is 15.5. The molecule has 0 amide bonds. The first kappa shape index (κ1) is 18.0. The Balaban J connectivity index is 1.37. The number of aryl methyl sites for hydroxylation is 1. The van der Waals surface area contributed by atoms with Crippen molar-refractivity contribution in [1.82, 2.24) is 0 Å². The van der Waals surface area contributed by atoms with Gasteiger partial charge in [0.2, 0.25) is 0 Å². The third-order valence-electron chi connectivity index (χ3n) is 6.88. The number of rotatable bonds is 6. The normalized spacial score (nSPS) is 31.1. The summed E-state index contributed by atoms with van der Waals surface area (Å²) in [5.41, 5.74) is 1.17. The Bertz CT molecular complexity index is 479. The molecule has 1 aromatic rings. The van der Waals surface area contributed by atoms with E-state index in [0.29, 0.717) is 0 Å². The van der Waals surface area contributed by atoms with E-state index < -0.39 is 0 Å². The summed E-state index contributed by atoms with van der Waals surface area (Å²) in [6.45, 7) is 2.33. The summed E-state index contributed by atoms with van der Waals surface area (Å²) >= 11 is 0. The molecule has 2 saturated carbocycles. The first-order chi connectivity index (χ1) is 11.7. The lowest BCUT2D eigenvalue weighted by Gasteiger charge is -2.38. The third-order valence-corrected chi connectivity index (χ3v) is 6.88. The monoisotopic (exact) mass is 330 g/mol. The predicted octanol–water partition coefficient (Wildman–Crippen LogP) is 7.17. The van der Waals surface area contributed by atoms with Gasteiger partial charge in [0.1, 0.15) is 5.82 Å². The SMILES string of the molecule is CCC[C@H]1CC[C@H]([C@H]2CC[C@H](CCc3cccc(F)c3)CC2)CC1. The molecule has 2 aliphatic carbocycles. The van der Waals surface area contributed by atoms with Crippen LogP contribution < -0.4 is 0 Å². The summed E-state index contributed by atoms with van der Waals surface area (Å²) in [5.74, 6) is 3.87. The Morgan fingerprint density at radius 1 is 0.833 bits per heavy atom. The Kier molecular flexibility index (Phi) is 6.75. The molecule has 0 N–H and O–H groups in total. The van der Waals surface area contributed by atoms with Crippen molar-refractivity contribution in [3.63, 3.8) is 0 Å². The van der Waals surface area contributed by atoms with E-state index in [1.165, 1.54) is 76.2 Å². The van der Waals surface area contributed by atoms with Gasteiger partial charge in [-0.05, 0) is 79.9 Å². The van der Waals surface area contributed by atoms with Crippen LogP contribution in [0.3, 0.4) is 0 Å². The predicted molar refractivity (Wildman–Crippen MR) is 101 cm³/mol. The van der Waals surface area contributed by atoms with Gasteiger partial charge in [-0.3, -0.25) is 0 Å². The van der Waals surface area contributed by atoms with Gasteiger partial charge >= 0.3 is 0 Å². The zero-order valence-electron chi connectivity index (χ0n) is 15.5. The third kappa shape index (κ3) is 5.07. The van der Waals surface area contributed by atoms with Crippen LogP contribution in [0, 0.1) is 29.5 Å². The van der Waals surface area contributed by atoms with E-state index in [4.69, 9.17) is 0 Å². The van der Waals surface area contributed by atoms with E-state index in [2.05, 4.69) is 13.0 Å². The van der Waals surface area contributed by atoms with Gasteiger partial charge in [0, 0.05) is 0 Å². The zero-order chi connectivity index (χ0) is 16.8. The molecule has 134 valence electrons. The molecular formula is C23H35F. The van der Waals surface area contributed by atoms with Crippen LogP contribution >= 0.6 is 0 Å². The van der Waals surface area contributed by atoms with E-state index in [1.54, 1.807) is 12.1 Å². The molecule has 2 fully saturated rings. The highest BCUT2D eigenvalue weighted by Crippen LogP contribution is 2.42. The quantitative estimate of drug-likeness (QED) is 0.518. The van der Waals surface area contributed by atoms with Crippen LogP contribution in [0.25, 0.3) is 0 Å². The topological polar surface area (TPSA) is 0 Å². The fourth-order valence-corrected chi connectivity index (χ4v) is 5.37. The Labute approximate surface area is 148 Å². The van der Waals surface area contributed by atoms with Crippen LogP contribution in [0.4, 0.5) is 4.39 Å². The summed E-state index contributed by atoms with van der Waals surface area (Å²) < 4.78 is 13.3. The van der Waals surface area contributed by atoms with Gasteiger partial charge in [0.05, 0.1) is 0 Å². The van der Waals surface area contributed by atoms with Crippen molar-refractivity contribution in [3.8, 4) is 0 Å². The Morgan fingerprint density at radius 3 is 1.96 bits per heavy atom. The minimum absolute atomic E-state index is 0.0881. The first-order valence-electron chi connectivity index (χ1n) is 10.5. The maximum absolute atomic E-state index is 13.3. The van der Waals surface area contributed by atoms with Crippen LogP contribution in [0.2, 0.25) is 0 Å². The standard InChI is InChI=1S/C23H35F/c1-2-4-18-9-13-21(14-10-18)22-15-11-19(12-16-22)7-8-20-5-3-6-23(24)17-20/h3,5-6,17-19,21-22H,2,4,7-16H2,1H3/t18-,19-,21-,22-. The second-order valence-corrected chi connectivity index (χ2v) is 8.52. The molecule has 1 heteroatoms. The summed E-state index contributed by atoms with van der Waals surface area (Å²) in [4.78, 5) is 0. The minimum Gasteiger partial charge on any atom is -0.207 e. The molecule has 1 aromatic carbocycles. The van der Waals surface area contributed by atoms with Crippen molar-refractivity contribution in [2.45, 2.75) is 84.0 Å².